The van der Waals surface area contributed by atoms with Crippen LogP contribution in [0.15, 0.2) is 71.7 Å². The van der Waals surface area contributed by atoms with Crippen molar-refractivity contribution in [2.75, 3.05) is 31.7 Å². The maximum absolute atomic E-state index is 13.1. The van der Waals surface area contributed by atoms with Crippen molar-refractivity contribution in [3.8, 4) is 17.2 Å². The van der Waals surface area contributed by atoms with Gasteiger partial charge in [-0.3, -0.25) is 9.59 Å². The van der Waals surface area contributed by atoms with E-state index >= 15 is 0 Å². The smallest absolute Gasteiger partial charge is 0.261 e. The molecule has 8 heteroatoms. The number of ether oxygens (including phenoxy) is 3. The van der Waals surface area contributed by atoms with E-state index in [1.54, 1.807) is 24.3 Å². The lowest BCUT2D eigenvalue weighted by Crippen LogP contribution is -2.24. The molecule has 228 valence electrons. The molecule has 8 nitrogen and oxygen atoms in total. The van der Waals surface area contributed by atoms with Gasteiger partial charge in [-0.15, -0.1) is 0 Å². The van der Waals surface area contributed by atoms with Crippen molar-refractivity contribution in [1.82, 2.24) is 4.98 Å². The Hall–Kier alpha value is -4.30. The molecule has 0 saturated carbocycles. The van der Waals surface area contributed by atoms with Gasteiger partial charge in [-0.25, -0.2) is 0 Å². The Morgan fingerprint density at radius 1 is 0.930 bits per heavy atom. The topological polar surface area (TPSA) is 110 Å². The standard InChI is InChI=1S/C35H42N2O6/c1-6-23(7-2)24-12-14-25(15-13-24)42-18-16-41-17-19-43-32-20-28(35(3,4)5)30(21-31(32)38)37-34(40)27-22-36-29-11-9-8-10-26(29)33(27)39/h8-15,20-23,38H,6-7,16-19H2,1-5H3,(H,36,39)(H,37,40). The first kappa shape index (κ1) is 31.6. The summed E-state index contributed by atoms with van der Waals surface area (Å²) in [7, 11) is 0. The third-order valence-corrected chi connectivity index (χ3v) is 7.51. The van der Waals surface area contributed by atoms with Gasteiger partial charge in [0.25, 0.3) is 5.91 Å². The minimum Gasteiger partial charge on any atom is -0.504 e. The minimum atomic E-state index is -0.566. The van der Waals surface area contributed by atoms with Crippen molar-refractivity contribution in [3.63, 3.8) is 0 Å². The van der Waals surface area contributed by atoms with Crippen LogP contribution in [0, 0.1) is 0 Å². The quantitative estimate of drug-likeness (QED) is 0.143. The first-order chi connectivity index (χ1) is 20.6. The van der Waals surface area contributed by atoms with Gasteiger partial charge in [0.15, 0.2) is 11.5 Å². The van der Waals surface area contributed by atoms with Crippen LogP contribution in [0.1, 0.15) is 74.9 Å². The van der Waals surface area contributed by atoms with E-state index in [2.05, 4.69) is 36.3 Å². The SMILES string of the molecule is CCC(CC)c1ccc(OCCOCCOc2cc(C(C)(C)C)c(NC(=O)c3c[nH]c4ccccc4c3=O)cc2O)cc1. The normalized spacial score (nSPS) is 11.6. The zero-order valence-electron chi connectivity index (χ0n) is 25.7. The molecule has 0 aliphatic heterocycles. The summed E-state index contributed by atoms with van der Waals surface area (Å²) in [5.74, 6) is 0.974. The highest BCUT2D eigenvalue weighted by atomic mass is 16.5. The van der Waals surface area contributed by atoms with Gasteiger partial charge in [-0.1, -0.05) is 58.9 Å². The highest BCUT2D eigenvalue weighted by Gasteiger charge is 2.24. The largest absolute Gasteiger partial charge is 0.504 e. The van der Waals surface area contributed by atoms with Gasteiger partial charge < -0.3 is 29.6 Å². The number of hydrogen-bond donors (Lipinski definition) is 3. The van der Waals surface area contributed by atoms with Crippen LogP contribution in [0.4, 0.5) is 5.69 Å². The van der Waals surface area contributed by atoms with E-state index in [0.29, 0.717) is 42.3 Å². The molecule has 43 heavy (non-hydrogen) atoms. The average Bonchev–Trinajstić information content (AvgIpc) is 2.98. The third kappa shape index (κ3) is 7.96. The predicted octanol–water partition coefficient (Wildman–Crippen LogP) is 7.16. The van der Waals surface area contributed by atoms with Crippen LogP contribution in [0.25, 0.3) is 10.9 Å². The molecule has 3 N–H and O–H groups in total. The number of anilines is 1. The Bertz CT molecular complexity index is 1580. The Morgan fingerprint density at radius 3 is 2.28 bits per heavy atom. The first-order valence-electron chi connectivity index (χ1n) is 14.8. The van der Waals surface area contributed by atoms with Gasteiger partial charge in [-0.2, -0.15) is 0 Å². The molecular weight excluding hydrogens is 544 g/mol. The number of amides is 1. The van der Waals surface area contributed by atoms with Crippen LogP contribution in [0.3, 0.4) is 0 Å². The number of aromatic hydroxyl groups is 1. The second kappa shape index (κ2) is 14.2. The Kier molecular flexibility index (Phi) is 10.5. The van der Waals surface area contributed by atoms with Gasteiger partial charge in [-0.05, 0) is 65.6 Å². The van der Waals surface area contributed by atoms with Gasteiger partial charge in [0.1, 0.15) is 24.5 Å². The van der Waals surface area contributed by atoms with Crippen molar-refractivity contribution in [3.05, 3.63) is 93.8 Å². The number of nitrogens with one attached hydrogen (secondary N) is 2. The summed E-state index contributed by atoms with van der Waals surface area (Å²) >= 11 is 0. The van der Waals surface area contributed by atoms with Crippen LogP contribution < -0.4 is 20.2 Å². The van der Waals surface area contributed by atoms with Crippen LogP contribution in [0.2, 0.25) is 0 Å². The number of aromatic amines is 1. The van der Waals surface area contributed by atoms with Crippen LogP contribution in [-0.2, 0) is 10.2 Å². The number of carbonyl (C=O) groups excluding carboxylic acids is 1. The molecule has 0 radical (unpaired) electrons. The third-order valence-electron chi connectivity index (χ3n) is 7.51. The highest BCUT2D eigenvalue weighted by molar-refractivity contribution is 6.06. The molecule has 0 atom stereocenters. The van der Waals surface area contributed by atoms with E-state index in [-0.39, 0.29) is 29.1 Å². The summed E-state index contributed by atoms with van der Waals surface area (Å²) in [6, 6.07) is 18.4. The van der Waals surface area contributed by atoms with Crippen LogP contribution >= 0.6 is 0 Å². The lowest BCUT2D eigenvalue weighted by molar-refractivity contribution is 0.0757. The average molecular weight is 587 g/mol. The molecule has 3 aromatic carbocycles. The molecule has 0 bridgehead atoms. The fraction of sp³-hybridized carbons (Fsp3) is 0.371. The van der Waals surface area contributed by atoms with E-state index in [1.807, 2.05) is 39.0 Å². The summed E-state index contributed by atoms with van der Waals surface area (Å²) in [6.07, 6.45) is 3.65. The molecule has 1 aromatic heterocycles. The number of hydrogen-bond acceptors (Lipinski definition) is 6. The lowest BCUT2D eigenvalue weighted by atomic mass is 9.85. The van der Waals surface area contributed by atoms with Gasteiger partial charge in [0.05, 0.1) is 13.2 Å². The molecule has 0 aliphatic carbocycles. The number of para-hydroxylation sites is 1. The molecule has 1 heterocycles. The van der Waals surface area contributed by atoms with E-state index in [9.17, 15) is 14.7 Å². The summed E-state index contributed by atoms with van der Waals surface area (Å²) in [5.41, 5.74) is 2.35. The Labute approximate surface area is 253 Å². The fourth-order valence-corrected chi connectivity index (χ4v) is 5.06. The molecule has 0 saturated heterocycles. The van der Waals surface area contributed by atoms with Crippen molar-refractivity contribution >= 4 is 22.5 Å². The van der Waals surface area contributed by atoms with Gasteiger partial charge >= 0.3 is 0 Å². The number of rotatable bonds is 13. The molecule has 1 amide bonds. The zero-order valence-corrected chi connectivity index (χ0v) is 25.7. The minimum absolute atomic E-state index is 0.0156. The summed E-state index contributed by atoms with van der Waals surface area (Å²) in [6.45, 7) is 11.7. The summed E-state index contributed by atoms with van der Waals surface area (Å²) in [4.78, 5) is 29.1. The van der Waals surface area contributed by atoms with E-state index < -0.39 is 11.3 Å². The fourth-order valence-electron chi connectivity index (χ4n) is 5.06. The van der Waals surface area contributed by atoms with E-state index in [0.717, 1.165) is 24.2 Å². The summed E-state index contributed by atoms with van der Waals surface area (Å²) in [5, 5.41) is 13.9. The van der Waals surface area contributed by atoms with Gasteiger partial charge in [0.2, 0.25) is 5.43 Å². The zero-order chi connectivity index (χ0) is 31.0. The van der Waals surface area contributed by atoms with Gasteiger partial charge in [0, 0.05) is 28.9 Å². The van der Waals surface area contributed by atoms with Crippen molar-refractivity contribution in [2.24, 2.45) is 0 Å². The lowest BCUT2D eigenvalue weighted by Gasteiger charge is -2.24. The molecule has 0 aliphatic rings. The maximum Gasteiger partial charge on any atom is 0.261 e. The number of H-pyrrole nitrogens is 1. The number of phenols is 1. The number of pyridine rings is 1. The second-order valence-electron chi connectivity index (χ2n) is 11.5. The molecular formula is C35H42N2O6. The number of fused-ring (bicyclic) bond motifs is 1. The van der Waals surface area contributed by atoms with E-state index in [1.165, 1.54) is 17.8 Å². The monoisotopic (exact) mass is 586 g/mol. The Morgan fingerprint density at radius 2 is 1.60 bits per heavy atom. The molecule has 0 spiro atoms. The molecule has 4 rings (SSSR count). The van der Waals surface area contributed by atoms with E-state index in [4.69, 9.17) is 14.2 Å². The molecule has 4 aromatic rings. The van der Waals surface area contributed by atoms with Crippen molar-refractivity contribution in [1.29, 1.82) is 0 Å². The number of aromatic nitrogens is 1. The number of benzene rings is 3. The second-order valence-corrected chi connectivity index (χ2v) is 11.5. The predicted molar refractivity (Wildman–Crippen MR) is 171 cm³/mol. The van der Waals surface area contributed by atoms with Crippen molar-refractivity contribution < 1.29 is 24.1 Å². The number of carbonyl (C=O) groups is 1. The summed E-state index contributed by atoms with van der Waals surface area (Å²) < 4.78 is 17.3. The molecule has 0 unspecified atom stereocenters. The molecule has 0 fully saturated rings. The van der Waals surface area contributed by atoms with Crippen molar-refractivity contribution in [2.45, 2.75) is 58.8 Å². The van der Waals surface area contributed by atoms with Crippen LogP contribution in [-0.4, -0.2) is 42.4 Å². The van der Waals surface area contributed by atoms with Crippen LogP contribution in [0.5, 0.6) is 17.2 Å². The maximum atomic E-state index is 13.1. The number of phenolic OH excluding ortho intramolecular Hbond substituents is 1. The Balaban J connectivity index is 1.32. The highest BCUT2D eigenvalue weighted by Crippen LogP contribution is 2.39. The first-order valence-corrected chi connectivity index (χ1v) is 14.8.